The maximum absolute atomic E-state index is 12.2. The van der Waals surface area contributed by atoms with Crippen molar-refractivity contribution in [3.8, 4) is 5.69 Å². The van der Waals surface area contributed by atoms with Crippen LogP contribution in [0.2, 0.25) is 0 Å². The fourth-order valence-corrected chi connectivity index (χ4v) is 2.75. The Morgan fingerprint density at radius 1 is 1.09 bits per heavy atom. The Labute approximate surface area is 130 Å². The minimum atomic E-state index is -0.312. The molecule has 0 radical (unpaired) electrons. The lowest BCUT2D eigenvalue weighted by Crippen LogP contribution is -2.16. The van der Waals surface area contributed by atoms with E-state index in [-0.39, 0.29) is 11.9 Å². The molecule has 0 aliphatic carbocycles. The second-order valence-corrected chi connectivity index (χ2v) is 5.27. The normalized spacial score (nSPS) is 12.3. The predicted molar refractivity (Wildman–Crippen MR) is 88.3 cm³/mol. The minimum Gasteiger partial charge on any atom is -0.465 e. The molecule has 0 saturated heterocycles. The number of fused-ring (bicyclic) bond motifs is 1. The molecule has 1 atom stereocenters. The van der Waals surface area contributed by atoms with Gasteiger partial charge in [-0.2, -0.15) is 0 Å². The second kappa shape index (κ2) is 6.06. The number of ether oxygens (including phenoxy) is 1. The summed E-state index contributed by atoms with van der Waals surface area (Å²) >= 11 is 0. The number of rotatable bonds is 4. The van der Waals surface area contributed by atoms with Gasteiger partial charge in [0.15, 0.2) is 0 Å². The summed E-state index contributed by atoms with van der Waals surface area (Å²) in [6, 6.07) is 20.3. The van der Waals surface area contributed by atoms with E-state index in [0.717, 1.165) is 22.3 Å². The van der Waals surface area contributed by atoms with Crippen molar-refractivity contribution in [1.82, 2.24) is 4.57 Å². The number of aromatic nitrogens is 1. The Bertz CT molecular complexity index is 790. The summed E-state index contributed by atoms with van der Waals surface area (Å²) in [7, 11) is 0. The van der Waals surface area contributed by atoms with Crippen LogP contribution in [0.25, 0.3) is 16.6 Å². The van der Waals surface area contributed by atoms with E-state index < -0.39 is 0 Å². The van der Waals surface area contributed by atoms with E-state index in [2.05, 4.69) is 22.8 Å². The lowest BCUT2D eigenvalue weighted by molar-refractivity contribution is -0.144. The average Bonchev–Trinajstić information content (AvgIpc) is 2.94. The number of esters is 1. The fraction of sp³-hybridized carbons (Fsp3) is 0.211. The van der Waals surface area contributed by atoms with Gasteiger partial charge in [-0.1, -0.05) is 36.4 Å². The number of hydrogen-bond acceptors (Lipinski definition) is 2. The van der Waals surface area contributed by atoms with Crippen molar-refractivity contribution in [3.05, 3.63) is 66.4 Å². The number of carbonyl (C=O) groups is 1. The minimum absolute atomic E-state index is 0.192. The highest BCUT2D eigenvalue weighted by atomic mass is 16.5. The zero-order chi connectivity index (χ0) is 15.5. The van der Waals surface area contributed by atoms with Crippen LogP contribution in [0.5, 0.6) is 0 Å². The Morgan fingerprint density at radius 3 is 2.50 bits per heavy atom. The van der Waals surface area contributed by atoms with Crippen LogP contribution in [0.3, 0.4) is 0 Å². The first-order chi connectivity index (χ1) is 10.7. The van der Waals surface area contributed by atoms with E-state index in [4.69, 9.17) is 4.74 Å². The summed E-state index contributed by atoms with van der Waals surface area (Å²) in [6.45, 7) is 4.12. The van der Waals surface area contributed by atoms with Gasteiger partial charge in [0.2, 0.25) is 0 Å². The van der Waals surface area contributed by atoms with Crippen molar-refractivity contribution in [3.63, 3.8) is 0 Å². The Hall–Kier alpha value is -2.55. The van der Waals surface area contributed by atoms with Gasteiger partial charge < -0.3 is 9.30 Å². The van der Waals surface area contributed by atoms with Crippen LogP contribution in [0.1, 0.15) is 25.5 Å². The molecule has 0 fully saturated rings. The lowest BCUT2D eigenvalue weighted by atomic mass is 10.1. The average molecular weight is 293 g/mol. The Kier molecular flexibility index (Phi) is 3.96. The molecule has 2 aromatic carbocycles. The summed E-state index contributed by atoms with van der Waals surface area (Å²) < 4.78 is 7.33. The van der Waals surface area contributed by atoms with E-state index in [1.165, 1.54) is 0 Å². The van der Waals surface area contributed by atoms with Crippen molar-refractivity contribution in [1.29, 1.82) is 0 Å². The first-order valence-electron chi connectivity index (χ1n) is 7.54. The van der Waals surface area contributed by atoms with Crippen molar-refractivity contribution >= 4 is 16.9 Å². The fourth-order valence-electron chi connectivity index (χ4n) is 2.75. The Morgan fingerprint density at radius 2 is 1.77 bits per heavy atom. The van der Waals surface area contributed by atoms with Crippen molar-refractivity contribution in [2.24, 2.45) is 0 Å². The number of carbonyl (C=O) groups excluding carboxylic acids is 1. The zero-order valence-electron chi connectivity index (χ0n) is 12.8. The first-order valence-corrected chi connectivity index (χ1v) is 7.54. The van der Waals surface area contributed by atoms with Crippen LogP contribution in [0.15, 0.2) is 60.7 Å². The Balaban J connectivity index is 2.19. The van der Waals surface area contributed by atoms with Gasteiger partial charge in [0.05, 0.1) is 18.0 Å². The molecule has 1 unspecified atom stereocenters. The van der Waals surface area contributed by atoms with Crippen LogP contribution < -0.4 is 0 Å². The summed E-state index contributed by atoms with van der Waals surface area (Å²) in [4.78, 5) is 12.2. The molecule has 112 valence electrons. The number of hydrogen-bond donors (Lipinski definition) is 0. The summed E-state index contributed by atoms with van der Waals surface area (Å²) in [5, 5.41) is 1.12. The third-order valence-corrected chi connectivity index (χ3v) is 3.84. The molecule has 0 aliphatic heterocycles. The van der Waals surface area contributed by atoms with Gasteiger partial charge in [0, 0.05) is 16.8 Å². The third kappa shape index (κ3) is 2.50. The molecule has 1 aromatic heterocycles. The molecule has 22 heavy (non-hydrogen) atoms. The molecule has 3 aromatic rings. The quantitative estimate of drug-likeness (QED) is 0.672. The van der Waals surface area contributed by atoms with Crippen LogP contribution in [0.4, 0.5) is 0 Å². The number of nitrogens with zero attached hydrogens (tertiary/aromatic N) is 1. The largest absolute Gasteiger partial charge is 0.465 e. The smallest absolute Gasteiger partial charge is 0.314 e. The standard InChI is InChI=1S/C19H19NO2/c1-3-22-19(21)14(2)18-13-15-9-7-8-12-17(15)20(18)16-10-5-4-6-11-16/h4-14H,3H2,1-2H3. The maximum Gasteiger partial charge on any atom is 0.314 e. The van der Waals surface area contributed by atoms with Gasteiger partial charge >= 0.3 is 5.97 Å². The summed E-state index contributed by atoms with van der Waals surface area (Å²) in [5.41, 5.74) is 3.10. The van der Waals surface area contributed by atoms with E-state index in [0.29, 0.717) is 6.61 Å². The molecule has 1 heterocycles. The number of para-hydroxylation sites is 2. The molecule has 0 aliphatic rings. The van der Waals surface area contributed by atoms with Crippen LogP contribution in [-0.2, 0) is 9.53 Å². The van der Waals surface area contributed by atoms with Crippen LogP contribution >= 0.6 is 0 Å². The van der Waals surface area contributed by atoms with Gasteiger partial charge in [-0.15, -0.1) is 0 Å². The number of benzene rings is 2. The van der Waals surface area contributed by atoms with Crippen LogP contribution in [-0.4, -0.2) is 17.1 Å². The molecule has 0 saturated carbocycles. The summed E-state index contributed by atoms with van der Waals surface area (Å²) in [6.07, 6.45) is 0. The molecule has 0 amide bonds. The monoisotopic (exact) mass is 293 g/mol. The topological polar surface area (TPSA) is 31.2 Å². The third-order valence-electron chi connectivity index (χ3n) is 3.84. The molecular weight excluding hydrogens is 274 g/mol. The maximum atomic E-state index is 12.2. The van der Waals surface area contributed by atoms with E-state index >= 15 is 0 Å². The van der Waals surface area contributed by atoms with Gasteiger partial charge in [0.25, 0.3) is 0 Å². The van der Waals surface area contributed by atoms with Gasteiger partial charge in [0.1, 0.15) is 0 Å². The van der Waals surface area contributed by atoms with E-state index in [1.807, 2.05) is 56.3 Å². The highest BCUT2D eigenvalue weighted by molar-refractivity contribution is 5.86. The SMILES string of the molecule is CCOC(=O)C(C)c1cc2ccccc2n1-c1ccccc1. The van der Waals surface area contributed by atoms with Crippen molar-refractivity contribution in [2.75, 3.05) is 6.61 Å². The molecule has 0 spiro atoms. The van der Waals surface area contributed by atoms with E-state index in [1.54, 1.807) is 0 Å². The van der Waals surface area contributed by atoms with Crippen LogP contribution in [0, 0.1) is 0 Å². The van der Waals surface area contributed by atoms with E-state index in [9.17, 15) is 4.79 Å². The highest BCUT2D eigenvalue weighted by Gasteiger charge is 2.22. The van der Waals surface area contributed by atoms with Crippen molar-refractivity contribution < 1.29 is 9.53 Å². The van der Waals surface area contributed by atoms with Gasteiger partial charge in [-0.05, 0) is 38.1 Å². The zero-order valence-corrected chi connectivity index (χ0v) is 12.8. The summed E-state index contributed by atoms with van der Waals surface area (Å²) in [5.74, 6) is -0.505. The molecule has 0 N–H and O–H groups in total. The van der Waals surface area contributed by atoms with Crippen molar-refractivity contribution in [2.45, 2.75) is 19.8 Å². The highest BCUT2D eigenvalue weighted by Crippen LogP contribution is 2.29. The molecule has 3 nitrogen and oxygen atoms in total. The molecular formula is C19H19NO2. The first kappa shape index (κ1) is 14.4. The second-order valence-electron chi connectivity index (χ2n) is 5.27. The van der Waals surface area contributed by atoms with Gasteiger partial charge in [-0.25, -0.2) is 0 Å². The van der Waals surface area contributed by atoms with Gasteiger partial charge in [-0.3, -0.25) is 4.79 Å². The predicted octanol–water partition coefficient (Wildman–Crippen LogP) is 4.30. The molecule has 3 rings (SSSR count). The lowest BCUT2D eigenvalue weighted by Gasteiger charge is -2.15. The molecule has 3 heteroatoms. The molecule has 0 bridgehead atoms.